The highest BCUT2D eigenvalue weighted by atomic mass is 35.5. The molecule has 2 N–H and O–H groups in total. The molecule has 0 aromatic rings. The van der Waals surface area contributed by atoms with Crippen LogP contribution in [0.3, 0.4) is 0 Å². The van der Waals surface area contributed by atoms with E-state index in [-0.39, 0.29) is 30.7 Å². The number of nitrogens with zero attached hydrogens (tertiary/aromatic N) is 2. The number of halogens is 1. The fourth-order valence-corrected chi connectivity index (χ4v) is 4.53. The van der Waals surface area contributed by atoms with Gasteiger partial charge in [0.2, 0.25) is 0 Å². The van der Waals surface area contributed by atoms with Gasteiger partial charge in [-0.2, -0.15) is 17.0 Å². The lowest BCUT2D eigenvalue weighted by molar-refractivity contribution is -0.0456. The first-order chi connectivity index (χ1) is 8.39. The molecule has 2 unspecified atom stereocenters. The number of rotatable bonds is 2. The Morgan fingerprint density at radius 1 is 1.11 bits per heavy atom. The SMILES string of the molecule is CC1CN(S(=O)(=O)N2CCC[C@@H](N)C2)CC(C)O1.Cl. The highest BCUT2D eigenvalue weighted by molar-refractivity contribution is 7.86. The zero-order chi connectivity index (χ0) is 13.3. The van der Waals surface area contributed by atoms with Gasteiger partial charge in [-0.25, -0.2) is 0 Å². The molecule has 0 amide bonds. The highest BCUT2D eigenvalue weighted by Crippen LogP contribution is 2.20. The van der Waals surface area contributed by atoms with Crippen molar-refractivity contribution in [2.45, 2.75) is 44.9 Å². The van der Waals surface area contributed by atoms with Crippen molar-refractivity contribution in [2.75, 3.05) is 26.2 Å². The van der Waals surface area contributed by atoms with Gasteiger partial charge in [0.1, 0.15) is 0 Å². The van der Waals surface area contributed by atoms with Gasteiger partial charge in [0.15, 0.2) is 0 Å². The van der Waals surface area contributed by atoms with E-state index >= 15 is 0 Å². The average molecular weight is 314 g/mol. The van der Waals surface area contributed by atoms with Crippen LogP contribution in [0.15, 0.2) is 0 Å². The van der Waals surface area contributed by atoms with E-state index in [1.807, 2.05) is 13.8 Å². The second-order valence-corrected chi connectivity index (χ2v) is 7.27. The van der Waals surface area contributed by atoms with Crippen molar-refractivity contribution in [1.29, 1.82) is 0 Å². The van der Waals surface area contributed by atoms with E-state index in [0.29, 0.717) is 26.2 Å². The van der Waals surface area contributed by atoms with Crippen molar-refractivity contribution in [1.82, 2.24) is 8.61 Å². The van der Waals surface area contributed by atoms with Crippen LogP contribution in [0, 0.1) is 0 Å². The summed E-state index contributed by atoms with van der Waals surface area (Å²) in [7, 11) is -3.38. The molecule has 2 saturated heterocycles. The minimum absolute atomic E-state index is 0. The molecule has 0 aromatic carbocycles. The van der Waals surface area contributed by atoms with Gasteiger partial charge < -0.3 is 10.5 Å². The maximum absolute atomic E-state index is 12.5. The van der Waals surface area contributed by atoms with Crippen molar-refractivity contribution in [3.05, 3.63) is 0 Å². The van der Waals surface area contributed by atoms with Crippen molar-refractivity contribution < 1.29 is 13.2 Å². The third-order valence-corrected chi connectivity index (χ3v) is 5.39. The van der Waals surface area contributed by atoms with Crippen LogP contribution in [0.4, 0.5) is 0 Å². The van der Waals surface area contributed by atoms with Gasteiger partial charge in [0, 0.05) is 32.2 Å². The number of nitrogens with two attached hydrogens (primary N) is 1. The monoisotopic (exact) mass is 313 g/mol. The molecule has 2 rings (SSSR count). The Balaban J connectivity index is 0.00000180. The molecular formula is C11H24ClN3O3S. The molecular weight excluding hydrogens is 290 g/mol. The molecule has 2 aliphatic rings. The lowest BCUT2D eigenvalue weighted by Gasteiger charge is -2.39. The quantitative estimate of drug-likeness (QED) is 0.789. The molecule has 8 heteroatoms. The zero-order valence-electron chi connectivity index (χ0n) is 11.5. The second kappa shape index (κ2) is 6.69. The van der Waals surface area contributed by atoms with Gasteiger partial charge in [-0.1, -0.05) is 0 Å². The van der Waals surface area contributed by atoms with Crippen molar-refractivity contribution in [2.24, 2.45) is 5.73 Å². The third-order valence-electron chi connectivity index (χ3n) is 3.46. The smallest absolute Gasteiger partial charge is 0.282 e. The molecule has 2 heterocycles. The Bertz CT molecular complexity index is 383. The van der Waals surface area contributed by atoms with E-state index in [4.69, 9.17) is 10.5 Å². The standard InChI is InChI=1S/C11H23N3O3S.ClH/c1-9-6-14(7-10(2)17-9)18(15,16)13-5-3-4-11(12)8-13;/h9-11H,3-8,12H2,1-2H3;1H/t9?,10?,11-;/m1./s1. The van der Waals surface area contributed by atoms with Gasteiger partial charge in [0.25, 0.3) is 10.2 Å². The fraction of sp³-hybridized carbons (Fsp3) is 1.00. The third kappa shape index (κ3) is 4.03. The molecule has 3 atom stereocenters. The van der Waals surface area contributed by atoms with Crippen molar-refractivity contribution in [3.8, 4) is 0 Å². The zero-order valence-corrected chi connectivity index (χ0v) is 13.1. The number of ether oxygens (including phenoxy) is 1. The summed E-state index contributed by atoms with van der Waals surface area (Å²) in [4.78, 5) is 0. The summed E-state index contributed by atoms with van der Waals surface area (Å²) in [5, 5.41) is 0. The maximum atomic E-state index is 12.5. The normalized spacial score (nSPS) is 34.8. The summed E-state index contributed by atoms with van der Waals surface area (Å²) in [6.07, 6.45) is 1.64. The van der Waals surface area contributed by atoms with E-state index in [1.165, 1.54) is 8.61 Å². The molecule has 6 nitrogen and oxygen atoms in total. The molecule has 2 fully saturated rings. The Hall–Kier alpha value is 0.0800. The Morgan fingerprint density at radius 2 is 1.68 bits per heavy atom. The first-order valence-electron chi connectivity index (χ1n) is 6.56. The van der Waals surface area contributed by atoms with Crippen LogP contribution in [0.1, 0.15) is 26.7 Å². The van der Waals surface area contributed by atoms with Gasteiger partial charge >= 0.3 is 0 Å². The Kier molecular flexibility index (Phi) is 6.03. The second-order valence-electron chi connectivity index (χ2n) is 5.34. The average Bonchev–Trinajstić information content (AvgIpc) is 2.27. The van der Waals surface area contributed by atoms with E-state index < -0.39 is 10.2 Å². The van der Waals surface area contributed by atoms with E-state index in [2.05, 4.69) is 0 Å². The number of hydrogen-bond acceptors (Lipinski definition) is 4. The minimum Gasteiger partial charge on any atom is -0.373 e. The lowest BCUT2D eigenvalue weighted by Crippen LogP contribution is -2.56. The summed E-state index contributed by atoms with van der Waals surface area (Å²) in [5.41, 5.74) is 5.86. The van der Waals surface area contributed by atoms with Crippen LogP contribution in [-0.4, -0.2) is 61.5 Å². The molecule has 0 spiro atoms. The van der Waals surface area contributed by atoms with Crippen LogP contribution in [0.5, 0.6) is 0 Å². The lowest BCUT2D eigenvalue weighted by atomic mass is 10.1. The number of piperidine rings is 1. The first-order valence-corrected chi connectivity index (χ1v) is 7.95. The number of hydrogen-bond donors (Lipinski definition) is 1. The van der Waals surface area contributed by atoms with Gasteiger partial charge in [-0.05, 0) is 26.7 Å². The number of morpholine rings is 1. The fourth-order valence-electron chi connectivity index (χ4n) is 2.67. The highest BCUT2D eigenvalue weighted by Gasteiger charge is 2.36. The molecule has 0 bridgehead atoms. The molecule has 0 saturated carbocycles. The summed E-state index contributed by atoms with van der Waals surface area (Å²) >= 11 is 0. The van der Waals surface area contributed by atoms with Crippen LogP contribution in [-0.2, 0) is 14.9 Å². The summed E-state index contributed by atoms with van der Waals surface area (Å²) < 4.78 is 33.7. The minimum atomic E-state index is -3.38. The largest absolute Gasteiger partial charge is 0.373 e. The molecule has 0 radical (unpaired) electrons. The van der Waals surface area contributed by atoms with Crippen LogP contribution in [0.2, 0.25) is 0 Å². The van der Waals surface area contributed by atoms with Gasteiger partial charge in [0.05, 0.1) is 12.2 Å². The van der Waals surface area contributed by atoms with Gasteiger partial charge in [-0.15, -0.1) is 12.4 Å². The predicted molar refractivity (Wildman–Crippen MR) is 76.5 cm³/mol. The van der Waals surface area contributed by atoms with Crippen molar-refractivity contribution >= 4 is 22.6 Å². The molecule has 114 valence electrons. The van der Waals surface area contributed by atoms with E-state index in [9.17, 15) is 8.42 Å². The van der Waals surface area contributed by atoms with E-state index in [0.717, 1.165) is 12.8 Å². The Labute approximate surface area is 121 Å². The van der Waals surface area contributed by atoms with Crippen molar-refractivity contribution in [3.63, 3.8) is 0 Å². The van der Waals surface area contributed by atoms with E-state index in [1.54, 1.807) is 0 Å². The molecule has 0 aromatic heterocycles. The topological polar surface area (TPSA) is 75.9 Å². The molecule has 0 aliphatic carbocycles. The van der Waals surface area contributed by atoms with Crippen LogP contribution < -0.4 is 5.73 Å². The predicted octanol–water partition coefficient (Wildman–Crippen LogP) is 0.185. The molecule has 19 heavy (non-hydrogen) atoms. The summed E-state index contributed by atoms with van der Waals surface area (Å²) in [6.45, 7) is 5.68. The Morgan fingerprint density at radius 3 is 2.21 bits per heavy atom. The van der Waals surface area contributed by atoms with Crippen LogP contribution >= 0.6 is 12.4 Å². The summed E-state index contributed by atoms with van der Waals surface area (Å²) in [6, 6.07) is -0.0376. The van der Waals surface area contributed by atoms with Gasteiger partial charge in [-0.3, -0.25) is 0 Å². The summed E-state index contributed by atoms with van der Waals surface area (Å²) in [5.74, 6) is 0. The first kappa shape index (κ1) is 17.1. The van der Waals surface area contributed by atoms with Crippen LogP contribution in [0.25, 0.3) is 0 Å². The maximum Gasteiger partial charge on any atom is 0.282 e. The molecule has 2 aliphatic heterocycles.